The number of rotatable bonds is 5. The predicted molar refractivity (Wildman–Crippen MR) is 56.1 cm³/mol. The van der Waals surface area contributed by atoms with E-state index in [1.807, 2.05) is 17.7 Å². The lowest BCUT2D eigenvalue weighted by Gasteiger charge is -2.06. The monoisotopic (exact) mass is 217 g/mol. The Bertz CT molecular complexity index is 383. The molecule has 0 saturated heterocycles. The summed E-state index contributed by atoms with van der Waals surface area (Å²) < 4.78 is 23.6. The Morgan fingerprint density at radius 2 is 2.29 bits per heavy atom. The molecule has 0 spiro atoms. The molecule has 0 saturated carbocycles. The van der Waals surface area contributed by atoms with Gasteiger partial charge in [-0.3, -0.25) is 0 Å². The summed E-state index contributed by atoms with van der Waals surface area (Å²) >= 11 is 0. The highest BCUT2D eigenvalue weighted by atomic mass is 32.2. The Labute approximate surface area is 84.1 Å². The van der Waals surface area contributed by atoms with Crippen molar-refractivity contribution in [2.24, 2.45) is 0 Å². The molecule has 0 aromatic carbocycles. The number of aromatic nitrogens is 2. The number of imidazole rings is 1. The number of nitrogens with one attached hydrogen (secondary N) is 1. The van der Waals surface area contributed by atoms with Crippen molar-refractivity contribution in [3.8, 4) is 0 Å². The fraction of sp³-hybridized carbons (Fsp3) is 0.625. The third-order valence-corrected chi connectivity index (χ3v) is 2.76. The lowest BCUT2D eigenvalue weighted by Crippen LogP contribution is -2.16. The highest BCUT2D eigenvalue weighted by Gasteiger charge is 2.03. The summed E-state index contributed by atoms with van der Waals surface area (Å²) in [5.41, 5.74) is 0. The first kappa shape index (κ1) is 11.0. The second-order valence-electron chi connectivity index (χ2n) is 3.09. The highest BCUT2D eigenvalue weighted by Crippen LogP contribution is 2.02. The third-order valence-electron chi connectivity index (χ3n) is 1.81. The molecule has 0 atom stereocenters. The van der Waals surface area contributed by atoms with E-state index >= 15 is 0 Å². The average Bonchev–Trinajstić information content (AvgIpc) is 2.49. The van der Waals surface area contributed by atoms with Crippen LogP contribution in [-0.2, 0) is 16.4 Å². The molecule has 1 heterocycles. The molecule has 1 rings (SSSR count). The van der Waals surface area contributed by atoms with Crippen molar-refractivity contribution in [1.29, 1.82) is 0 Å². The Kier molecular flexibility index (Phi) is 3.51. The van der Waals surface area contributed by atoms with Crippen LogP contribution in [0.25, 0.3) is 0 Å². The van der Waals surface area contributed by atoms with Crippen molar-refractivity contribution >= 4 is 15.8 Å². The standard InChI is InChI=1S/C8H15N3O2S/c1-3-11-6-4-9-8(11)10-5-7-14(2,12)13/h4,6H,3,5,7H2,1-2H3,(H,9,10). The lowest BCUT2D eigenvalue weighted by atomic mass is 10.7. The van der Waals surface area contributed by atoms with Gasteiger partial charge in [0.25, 0.3) is 0 Å². The van der Waals surface area contributed by atoms with Gasteiger partial charge in [-0.15, -0.1) is 0 Å². The summed E-state index contributed by atoms with van der Waals surface area (Å²) in [6.07, 6.45) is 4.76. The first-order valence-electron chi connectivity index (χ1n) is 4.45. The van der Waals surface area contributed by atoms with Gasteiger partial charge in [0.1, 0.15) is 9.84 Å². The van der Waals surface area contributed by atoms with E-state index < -0.39 is 9.84 Å². The van der Waals surface area contributed by atoms with E-state index in [0.29, 0.717) is 6.54 Å². The maximum absolute atomic E-state index is 10.8. The number of sulfone groups is 1. The molecule has 0 aliphatic rings. The van der Waals surface area contributed by atoms with Crippen molar-refractivity contribution in [2.45, 2.75) is 13.5 Å². The van der Waals surface area contributed by atoms with Gasteiger partial charge < -0.3 is 9.88 Å². The van der Waals surface area contributed by atoms with Crippen LogP contribution in [0.15, 0.2) is 12.4 Å². The number of hydrogen-bond acceptors (Lipinski definition) is 4. The van der Waals surface area contributed by atoms with E-state index in [1.165, 1.54) is 6.26 Å². The maximum Gasteiger partial charge on any atom is 0.202 e. The zero-order chi connectivity index (χ0) is 10.6. The fourth-order valence-electron chi connectivity index (χ4n) is 1.08. The molecule has 0 fully saturated rings. The topological polar surface area (TPSA) is 64.0 Å². The molecule has 1 aromatic heterocycles. The summed E-state index contributed by atoms with van der Waals surface area (Å²) in [5.74, 6) is 0.847. The molecule has 0 aliphatic carbocycles. The van der Waals surface area contributed by atoms with Crippen LogP contribution in [0.2, 0.25) is 0 Å². The Morgan fingerprint density at radius 1 is 1.57 bits per heavy atom. The first-order valence-corrected chi connectivity index (χ1v) is 6.51. The highest BCUT2D eigenvalue weighted by molar-refractivity contribution is 7.90. The van der Waals surface area contributed by atoms with Gasteiger partial charge in [0.15, 0.2) is 0 Å². The molecule has 1 N–H and O–H groups in total. The van der Waals surface area contributed by atoms with E-state index in [0.717, 1.165) is 12.5 Å². The smallest absolute Gasteiger partial charge is 0.202 e. The Balaban J connectivity index is 2.46. The fourth-order valence-corrected chi connectivity index (χ4v) is 1.55. The van der Waals surface area contributed by atoms with Crippen LogP contribution < -0.4 is 5.32 Å². The van der Waals surface area contributed by atoms with E-state index in [4.69, 9.17) is 0 Å². The Hall–Kier alpha value is -1.04. The molecule has 1 aromatic rings. The summed E-state index contributed by atoms with van der Waals surface area (Å²) in [6.45, 7) is 3.22. The van der Waals surface area contributed by atoms with Crippen LogP contribution in [0.1, 0.15) is 6.92 Å². The zero-order valence-corrected chi connectivity index (χ0v) is 9.21. The molecular weight excluding hydrogens is 202 g/mol. The molecule has 0 bridgehead atoms. The van der Waals surface area contributed by atoms with Crippen molar-refractivity contribution in [3.05, 3.63) is 12.4 Å². The van der Waals surface area contributed by atoms with E-state index in [1.54, 1.807) is 6.20 Å². The zero-order valence-electron chi connectivity index (χ0n) is 8.40. The third kappa shape index (κ3) is 3.37. The van der Waals surface area contributed by atoms with Crippen LogP contribution in [0.3, 0.4) is 0 Å². The van der Waals surface area contributed by atoms with Gasteiger partial charge in [0, 0.05) is 31.7 Å². The summed E-state index contributed by atoms with van der Waals surface area (Å²) in [6, 6.07) is 0. The average molecular weight is 217 g/mol. The van der Waals surface area contributed by atoms with E-state index in [-0.39, 0.29) is 5.75 Å². The van der Waals surface area contributed by atoms with Gasteiger partial charge >= 0.3 is 0 Å². The second kappa shape index (κ2) is 4.45. The van der Waals surface area contributed by atoms with Crippen LogP contribution in [0, 0.1) is 0 Å². The SMILES string of the molecule is CCn1ccnc1NCCS(C)(=O)=O. The van der Waals surface area contributed by atoms with Crippen molar-refractivity contribution in [1.82, 2.24) is 9.55 Å². The second-order valence-corrected chi connectivity index (χ2v) is 5.35. The molecular formula is C8H15N3O2S. The molecule has 0 radical (unpaired) electrons. The van der Waals surface area contributed by atoms with Crippen LogP contribution in [0.4, 0.5) is 5.95 Å². The van der Waals surface area contributed by atoms with Crippen molar-refractivity contribution in [2.75, 3.05) is 23.9 Å². The van der Waals surface area contributed by atoms with Gasteiger partial charge in [-0.05, 0) is 6.92 Å². The molecule has 0 aliphatic heterocycles. The van der Waals surface area contributed by atoms with Crippen LogP contribution in [0.5, 0.6) is 0 Å². The largest absolute Gasteiger partial charge is 0.355 e. The predicted octanol–water partition coefficient (Wildman–Crippen LogP) is 0.359. The summed E-state index contributed by atoms with van der Waals surface area (Å²) in [4.78, 5) is 4.06. The normalized spacial score (nSPS) is 11.6. The van der Waals surface area contributed by atoms with E-state index in [9.17, 15) is 8.42 Å². The van der Waals surface area contributed by atoms with Gasteiger partial charge in [-0.25, -0.2) is 13.4 Å². The summed E-state index contributed by atoms with van der Waals surface area (Å²) in [5, 5.41) is 2.97. The number of nitrogens with zero attached hydrogens (tertiary/aromatic N) is 2. The number of aryl methyl sites for hydroxylation is 1. The minimum Gasteiger partial charge on any atom is -0.355 e. The van der Waals surface area contributed by atoms with Crippen molar-refractivity contribution < 1.29 is 8.42 Å². The molecule has 0 amide bonds. The molecule has 6 heteroatoms. The molecule has 0 unspecified atom stereocenters. The van der Waals surface area contributed by atoms with Gasteiger partial charge in [-0.1, -0.05) is 0 Å². The Morgan fingerprint density at radius 3 is 2.86 bits per heavy atom. The minimum absolute atomic E-state index is 0.129. The van der Waals surface area contributed by atoms with Gasteiger partial charge in [0.05, 0.1) is 5.75 Å². The minimum atomic E-state index is -2.90. The van der Waals surface area contributed by atoms with Gasteiger partial charge in [0.2, 0.25) is 5.95 Å². The number of hydrogen-bond donors (Lipinski definition) is 1. The lowest BCUT2D eigenvalue weighted by molar-refractivity contribution is 0.602. The van der Waals surface area contributed by atoms with Gasteiger partial charge in [-0.2, -0.15) is 0 Å². The van der Waals surface area contributed by atoms with Crippen LogP contribution >= 0.6 is 0 Å². The number of anilines is 1. The van der Waals surface area contributed by atoms with E-state index in [2.05, 4.69) is 10.3 Å². The van der Waals surface area contributed by atoms with Crippen molar-refractivity contribution in [3.63, 3.8) is 0 Å². The molecule has 14 heavy (non-hydrogen) atoms. The maximum atomic E-state index is 10.8. The first-order chi connectivity index (χ1) is 6.53. The molecule has 5 nitrogen and oxygen atoms in total. The quantitative estimate of drug-likeness (QED) is 0.773. The molecule has 80 valence electrons. The summed E-state index contributed by atoms with van der Waals surface area (Å²) in [7, 11) is -2.90. The van der Waals surface area contributed by atoms with Crippen LogP contribution in [-0.4, -0.2) is 36.5 Å².